The van der Waals surface area contributed by atoms with Gasteiger partial charge in [-0.15, -0.1) is 0 Å². The second-order valence-electron chi connectivity index (χ2n) is 4.74. The summed E-state index contributed by atoms with van der Waals surface area (Å²) in [5, 5.41) is 9.94. The zero-order valence-electron chi connectivity index (χ0n) is 9.86. The van der Waals surface area contributed by atoms with Crippen LogP contribution in [0.25, 0.3) is 0 Å². The Labute approximate surface area is 91.5 Å². The van der Waals surface area contributed by atoms with Gasteiger partial charge in [0.05, 0.1) is 5.71 Å². The highest BCUT2D eigenvalue weighted by Crippen LogP contribution is 2.26. The van der Waals surface area contributed by atoms with E-state index in [0.29, 0.717) is 11.8 Å². The van der Waals surface area contributed by atoms with E-state index in [4.69, 9.17) is 0 Å². The number of fused-ring (bicyclic) bond motifs is 1. The van der Waals surface area contributed by atoms with Gasteiger partial charge in [-0.25, -0.2) is 5.01 Å². The molecule has 1 unspecified atom stereocenters. The molecule has 0 aromatic rings. The number of hydrogen-bond acceptors (Lipinski definition) is 3. The van der Waals surface area contributed by atoms with Crippen LogP contribution in [0.5, 0.6) is 0 Å². The van der Waals surface area contributed by atoms with Crippen molar-refractivity contribution in [2.24, 2.45) is 16.9 Å². The first-order valence-corrected chi connectivity index (χ1v) is 5.60. The fourth-order valence-electron chi connectivity index (χ4n) is 1.89. The molecule has 0 aliphatic carbocycles. The minimum Gasteiger partial charge on any atom is -0.365 e. The molecule has 2 rings (SSSR count). The van der Waals surface area contributed by atoms with Gasteiger partial charge >= 0.3 is 0 Å². The number of nitrogens with zero attached hydrogens (tertiary/aromatic N) is 2. The second kappa shape index (κ2) is 3.72. The van der Waals surface area contributed by atoms with E-state index in [2.05, 4.69) is 44.2 Å². The Kier molecular flexibility index (Phi) is 2.55. The van der Waals surface area contributed by atoms with Gasteiger partial charge in [0, 0.05) is 12.4 Å². The van der Waals surface area contributed by atoms with Crippen molar-refractivity contribution in [2.75, 3.05) is 0 Å². The van der Waals surface area contributed by atoms with Crippen LogP contribution in [0.4, 0.5) is 0 Å². The number of hydrazone groups is 1. The summed E-state index contributed by atoms with van der Waals surface area (Å²) in [7, 11) is 0. The maximum absolute atomic E-state index is 4.60. The van der Waals surface area contributed by atoms with Crippen molar-refractivity contribution in [3.05, 3.63) is 24.0 Å². The first-order valence-electron chi connectivity index (χ1n) is 5.60. The number of rotatable bonds is 2. The first kappa shape index (κ1) is 10.3. The van der Waals surface area contributed by atoms with Crippen molar-refractivity contribution >= 4 is 5.71 Å². The molecule has 0 radical (unpaired) electrons. The van der Waals surface area contributed by atoms with Crippen molar-refractivity contribution in [1.29, 1.82) is 0 Å². The van der Waals surface area contributed by atoms with E-state index in [0.717, 1.165) is 0 Å². The van der Waals surface area contributed by atoms with Gasteiger partial charge in [-0.3, -0.25) is 0 Å². The Balaban J connectivity index is 2.33. The fraction of sp³-hybridized carbons (Fsp3) is 0.583. The van der Waals surface area contributed by atoms with Gasteiger partial charge in [-0.1, -0.05) is 27.7 Å². The molecule has 82 valence electrons. The van der Waals surface area contributed by atoms with Gasteiger partial charge in [0.15, 0.2) is 0 Å². The second-order valence-corrected chi connectivity index (χ2v) is 4.74. The molecule has 2 aliphatic rings. The lowest BCUT2D eigenvalue weighted by Gasteiger charge is -2.31. The van der Waals surface area contributed by atoms with Crippen molar-refractivity contribution < 1.29 is 0 Å². The van der Waals surface area contributed by atoms with E-state index in [1.807, 2.05) is 17.4 Å². The molecule has 2 heterocycles. The molecule has 0 aromatic carbocycles. The third-order valence-corrected chi connectivity index (χ3v) is 2.87. The van der Waals surface area contributed by atoms with Crippen molar-refractivity contribution in [2.45, 2.75) is 33.9 Å². The highest BCUT2D eigenvalue weighted by molar-refractivity contribution is 5.97. The lowest BCUT2D eigenvalue weighted by molar-refractivity contribution is 0.306. The Morgan fingerprint density at radius 3 is 2.60 bits per heavy atom. The molecule has 15 heavy (non-hydrogen) atoms. The van der Waals surface area contributed by atoms with Crippen molar-refractivity contribution in [1.82, 2.24) is 10.3 Å². The highest BCUT2D eigenvalue weighted by Gasteiger charge is 2.28. The molecule has 0 saturated heterocycles. The van der Waals surface area contributed by atoms with Crippen LogP contribution in [0.15, 0.2) is 29.2 Å². The lowest BCUT2D eigenvalue weighted by Crippen LogP contribution is -2.39. The number of allylic oxidation sites excluding steroid dienone is 1. The van der Waals surface area contributed by atoms with E-state index >= 15 is 0 Å². The van der Waals surface area contributed by atoms with E-state index in [1.165, 1.54) is 11.3 Å². The van der Waals surface area contributed by atoms with Crippen LogP contribution in [0, 0.1) is 11.8 Å². The third kappa shape index (κ3) is 1.78. The molecule has 0 fully saturated rings. The summed E-state index contributed by atoms with van der Waals surface area (Å²) in [6.45, 7) is 8.82. The minimum absolute atomic E-state index is 0.243. The molecule has 2 aliphatic heterocycles. The summed E-state index contributed by atoms with van der Waals surface area (Å²) in [5.41, 5.74) is 2.59. The summed E-state index contributed by atoms with van der Waals surface area (Å²) in [4.78, 5) is 0. The first-order chi connectivity index (χ1) is 7.09. The lowest BCUT2D eigenvalue weighted by atomic mass is 9.94. The van der Waals surface area contributed by atoms with Crippen LogP contribution in [-0.4, -0.2) is 16.9 Å². The largest absolute Gasteiger partial charge is 0.365 e. The molecule has 0 spiro atoms. The third-order valence-electron chi connectivity index (χ3n) is 2.87. The van der Waals surface area contributed by atoms with Gasteiger partial charge in [-0.2, -0.15) is 5.10 Å². The number of nitrogens with one attached hydrogen (secondary N) is 1. The van der Waals surface area contributed by atoms with Crippen LogP contribution in [0.1, 0.15) is 27.7 Å². The fourth-order valence-corrected chi connectivity index (χ4v) is 1.89. The molecule has 1 atom stereocenters. The quantitative estimate of drug-likeness (QED) is 0.749. The smallest absolute Gasteiger partial charge is 0.142 e. The standard InChI is InChI=1S/C12H19N3/c1-8(2)10-7-11(9(3)4)14-15-6-5-13-12(10)15/h5-9,12-13H,1-4H3. The predicted molar refractivity (Wildman–Crippen MR) is 63.1 cm³/mol. The number of hydrogen-bond donors (Lipinski definition) is 1. The Morgan fingerprint density at radius 2 is 2.00 bits per heavy atom. The molecule has 0 saturated carbocycles. The van der Waals surface area contributed by atoms with Crippen molar-refractivity contribution in [3.8, 4) is 0 Å². The molecule has 0 bridgehead atoms. The van der Waals surface area contributed by atoms with E-state index in [9.17, 15) is 0 Å². The van der Waals surface area contributed by atoms with E-state index in [1.54, 1.807) is 0 Å². The van der Waals surface area contributed by atoms with E-state index < -0.39 is 0 Å². The minimum atomic E-state index is 0.243. The normalized spacial score (nSPS) is 24.1. The summed E-state index contributed by atoms with van der Waals surface area (Å²) < 4.78 is 0. The van der Waals surface area contributed by atoms with Gasteiger partial charge in [-0.05, 0) is 23.5 Å². The molecular weight excluding hydrogens is 186 g/mol. The molecule has 3 heteroatoms. The van der Waals surface area contributed by atoms with Gasteiger partial charge < -0.3 is 5.32 Å². The van der Waals surface area contributed by atoms with Gasteiger partial charge in [0.2, 0.25) is 0 Å². The monoisotopic (exact) mass is 205 g/mol. The van der Waals surface area contributed by atoms with Crippen LogP contribution in [0.3, 0.4) is 0 Å². The summed E-state index contributed by atoms with van der Waals surface area (Å²) in [6, 6.07) is 0. The molecule has 0 aromatic heterocycles. The Bertz CT molecular complexity index is 337. The topological polar surface area (TPSA) is 27.6 Å². The van der Waals surface area contributed by atoms with Crippen LogP contribution in [0.2, 0.25) is 0 Å². The van der Waals surface area contributed by atoms with Gasteiger partial charge in [0.1, 0.15) is 6.17 Å². The molecule has 1 N–H and O–H groups in total. The maximum Gasteiger partial charge on any atom is 0.142 e. The summed E-state index contributed by atoms with van der Waals surface area (Å²) in [6.07, 6.45) is 6.46. The maximum atomic E-state index is 4.60. The summed E-state index contributed by atoms with van der Waals surface area (Å²) >= 11 is 0. The van der Waals surface area contributed by atoms with Crippen LogP contribution >= 0.6 is 0 Å². The average molecular weight is 205 g/mol. The average Bonchev–Trinajstić information content (AvgIpc) is 2.62. The Morgan fingerprint density at radius 1 is 1.27 bits per heavy atom. The zero-order chi connectivity index (χ0) is 11.0. The van der Waals surface area contributed by atoms with Gasteiger partial charge in [0.25, 0.3) is 0 Å². The van der Waals surface area contributed by atoms with E-state index in [-0.39, 0.29) is 6.17 Å². The Hall–Kier alpha value is -1.25. The summed E-state index contributed by atoms with van der Waals surface area (Å²) in [5.74, 6) is 1.03. The van der Waals surface area contributed by atoms with Crippen LogP contribution < -0.4 is 5.32 Å². The highest BCUT2D eigenvalue weighted by atomic mass is 15.5. The predicted octanol–water partition coefficient (Wildman–Crippen LogP) is 2.30. The zero-order valence-corrected chi connectivity index (χ0v) is 9.86. The van der Waals surface area contributed by atoms with Crippen LogP contribution in [-0.2, 0) is 0 Å². The van der Waals surface area contributed by atoms with Crippen molar-refractivity contribution in [3.63, 3.8) is 0 Å². The molecule has 3 nitrogen and oxygen atoms in total. The molecular formula is C12H19N3. The molecule has 0 amide bonds. The SMILES string of the molecule is CC(C)C1=CC(C(C)C)=NN2C=CNC12.